The molecule has 2 saturated heterocycles. The van der Waals surface area contributed by atoms with Gasteiger partial charge in [-0.15, -0.1) is 0 Å². The monoisotopic (exact) mass is 255 g/mol. The number of nitrogens with one attached hydrogen (secondary N) is 1. The fraction of sp³-hybridized carbons (Fsp3) is 1.00. The third kappa shape index (κ3) is 4.84. The lowest BCUT2D eigenvalue weighted by Gasteiger charge is -2.32. The zero-order chi connectivity index (χ0) is 12.8. The van der Waals surface area contributed by atoms with E-state index in [0.29, 0.717) is 6.04 Å². The lowest BCUT2D eigenvalue weighted by molar-refractivity contribution is 0.0697. The van der Waals surface area contributed by atoms with Gasteiger partial charge in [0.2, 0.25) is 0 Å². The molecule has 1 N–H and O–H groups in total. The molecule has 2 aliphatic rings. The Bertz CT molecular complexity index is 223. The molecule has 0 saturated carbocycles. The Morgan fingerprint density at radius 3 is 2.78 bits per heavy atom. The Labute approximate surface area is 112 Å². The maximum Gasteiger partial charge on any atom is 0.0620 e. The first kappa shape index (κ1) is 14.3. The van der Waals surface area contributed by atoms with Crippen molar-refractivity contribution in [2.75, 3.05) is 60.0 Å². The summed E-state index contributed by atoms with van der Waals surface area (Å²) in [5, 5.41) is 3.53. The second-order valence-corrected chi connectivity index (χ2v) is 6.02. The summed E-state index contributed by atoms with van der Waals surface area (Å²) < 4.78 is 5.49. The first-order chi connectivity index (χ1) is 8.74. The predicted octanol–water partition coefficient (Wildman–Crippen LogP) is 0.639. The predicted molar refractivity (Wildman–Crippen MR) is 74.9 cm³/mol. The quantitative estimate of drug-likeness (QED) is 0.780. The van der Waals surface area contributed by atoms with Crippen LogP contribution >= 0.6 is 0 Å². The molecule has 0 aliphatic carbocycles. The van der Waals surface area contributed by atoms with E-state index in [9.17, 15) is 0 Å². The molecule has 0 aromatic carbocycles. The summed E-state index contributed by atoms with van der Waals surface area (Å²) in [6, 6.07) is 0.568. The lowest BCUT2D eigenvalue weighted by atomic mass is 9.96. The van der Waals surface area contributed by atoms with Gasteiger partial charge in [0, 0.05) is 19.1 Å². The number of ether oxygens (including phenoxy) is 1. The van der Waals surface area contributed by atoms with E-state index < -0.39 is 0 Å². The summed E-state index contributed by atoms with van der Waals surface area (Å²) in [5.41, 5.74) is 0. The Morgan fingerprint density at radius 1 is 1.33 bits per heavy atom. The second-order valence-electron chi connectivity index (χ2n) is 6.02. The Hall–Kier alpha value is -0.160. The molecular weight excluding hydrogens is 226 g/mol. The minimum Gasteiger partial charge on any atom is -0.379 e. The van der Waals surface area contributed by atoms with E-state index in [1.807, 2.05) is 0 Å². The summed E-state index contributed by atoms with van der Waals surface area (Å²) in [6.07, 6.45) is 3.94. The molecule has 0 amide bonds. The van der Waals surface area contributed by atoms with E-state index in [1.54, 1.807) is 0 Å². The molecule has 0 aromatic heterocycles. The standard InChI is InChI=1S/C14H29N3O/c1-16-7-3-13(4-8-16)11-17(2)9-5-14-12-18-10-6-15-14/h13-15H,3-12H2,1-2H3. The molecule has 0 aromatic rings. The van der Waals surface area contributed by atoms with Gasteiger partial charge < -0.3 is 19.9 Å². The van der Waals surface area contributed by atoms with Crippen molar-refractivity contribution in [2.45, 2.75) is 25.3 Å². The van der Waals surface area contributed by atoms with Crippen LogP contribution in [0.15, 0.2) is 0 Å². The van der Waals surface area contributed by atoms with E-state index in [0.717, 1.165) is 25.7 Å². The molecule has 18 heavy (non-hydrogen) atoms. The van der Waals surface area contributed by atoms with Crippen LogP contribution in [0.25, 0.3) is 0 Å². The van der Waals surface area contributed by atoms with Gasteiger partial charge in [-0.2, -0.15) is 0 Å². The molecule has 2 aliphatic heterocycles. The van der Waals surface area contributed by atoms with Gasteiger partial charge in [0.15, 0.2) is 0 Å². The number of hydrogen-bond acceptors (Lipinski definition) is 4. The molecule has 2 rings (SSSR count). The fourth-order valence-electron chi connectivity index (χ4n) is 2.96. The van der Waals surface area contributed by atoms with Crippen molar-refractivity contribution in [1.29, 1.82) is 0 Å². The van der Waals surface area contributed by atoms with Gasteiger partial charge in [-0.1, -0.05) is 0 Å². The number of rotatable bonds is 5. The number of piperidine rings is 1. The van der Waals surface area contributed by atoms with E-state index in [4.69, 9.17) is 4.74 Å². The van der Waals surface area contributed by atoms with Crippen molar-refractivity contribution in [2.24, 2.45) is 5.92 Å². The van der Waals surface area contributed by atoms with Gasteiger partial charge in [-0.05, 0) is 58.9 Å². The SMILES string of the molecule is CN1CCC(CN(C)CCC2COCCN2)CC1. The van der Waals surface area contributed by atoms with Gasteiger partial charge >= 0.3 is 0 Å². The van der Waals surface area contributed by atoms with E-state index in [1.165, 1.54) is 45.4 Å². The fourth-order valence-corrected chi connectivity index (χ4v) is 2.96. The molecule has 2 fully saturated rings. The molecule has 0 spiro atoms. The topological polar surface area (TPSA) is 27.7 Å². The molecule has 1 atom stereocenters. The third-order valence-electron chi connectivity index (χ3n) is 4.27. The van der Waals surface area contributed by atoms with Gasteiger partial charge in [-0.3, -0.25) is 0 Å². The van der Waals surface area contributed by atoms with E-state index in [2.05, 4.69) is 29.2 Å². The maximum absolute atomic E-state index is 5.49. The average molecular weight is 255 g/mol. The summed E-state index contributed by atoms with van der Waals surface area (Å²) in [5.74, 6) is 0.904. The van der Waals surface area contributed by atoms with Crippen LogP contribution in [-0.4, -0.2) is 75.9 Å². The molecule has 4 heteroatoms. The number of likely N-dealkylation sites (tertiary alicyclic amines) is 1. The average Bonchev–Trinajstić information content (AvgIpc) is 2.40. The maximum atomic E-state index is 5.49. The summed E-state index contributed by atoms with van der Waals surface area (Å²) in [4.78, 5) is 4.95. The van der Waals surface area contributed by atoms with Crippen molar-refractivity contribution < 1.29 is 4.74 Å². The second kappa shape index (κ2) is 7.43. The van der Waals surface area contributed by atoms with Crippen LogP contribution in [0.2, 0.25) is 0 Å². The first-order valence-corrected chi connectivity index (χ1v) is 7.42. The zero-order valence-corrected chi connectivity index (χ0v) is 12.0. The Kier molecular flexibility index (Phi) is 5.89. The number of hydrogen-bond donors (Lipinski definition) is 1. The normalized spacial score (nSPS) is 27.8. The van der Waals surface area contributed by atoms with Crippen molar-refractivity contribution in [3.63, 3.8) is 0 Å². The summed E-state index contributed by atoms with van der Waals surface area (Å²) in [6.45, 7) is 7.79. The smallest absolute Gasteiger partial charge is 0.0620 e. The third-order valence-corrected chi connectivity index (χ3v) is 4.27. The summed E-state index contributed by atoms with van der Waals surface area (Å²) in [7, 11) is 4.50. The van der Waals surface area contributed by atoms with Crippen LogP contribution in [0.1, 0.15) is 19.3 Å². The van der Waals surface area contributed by atoms with Crippen molar-refractivity contribution >= 4 is 0 Å². The minimum atomic E-state index is 0.568. The van der Waals surface area contributed by atoms with Gasteiger partial charge in [0.05, 0.1) is 13.2 Å². The van der Waals surface area contributed by atoms with Crippen molar-refractivity contribution in [3.05, 3.63) is 0 Å². The highest BCUT2D eigenvalue weighted by molar-refractivity contribution is 4.75. The number of morpholine rings is 1. The van der Waals surface area contributed by atoms with Crippen LogP contribution in [0.4, 0.5) is 0 Å². The molecule has 0 bridgehead atoms. The van der Waals surface area contributed by atoms with Gasteiger partial charge in [-0.25, -0.2) is 0 Å². The van der Waals surface area contributed by atoms with Gasteiger partial charge in [0.1, 0.15) is 0 Å². The Balaban J connectivity index is 1.58. The van der Waals surface area contributed by atoms with Gasteiger partial charge in [0.25, 0.3) is 0 Å². The largest absolute Gasteiger partial charge is 0.379 e. The van der Waals surface area contributed by atoms with Crippen LogP contribution in [0.5, 0.6) is 0 Å². The number of nitrogens with zero attached hydrogens (tertiary/aromatic N) is 2. The van der Waals surface area contributed by atoms with Crippen molar-refractivity contribution in [1.82, 2.24) is 15.1 Å². The highest BCUT2D eigenvalue weighted by Gasteiger charge is 2.19. The van der Waals surface area contributed by atoms with Crippen LogP contribution in [-0.2, 0) is 4.74 Å². The summed E-state index contributed by atoms with van der Waals surface area (Å²) >= 11 is 0. The lowest BCUT2D eigenvalue weighted by Crippen LogP contribution is -2.43. The van der Waals surface area contributed by atoms with E-state index >= 15 is 0 Å². The Morgan fingerprint density at radius 2 is 2.11 bits per heavy atom. The van der Waals surface area contributed by atoms with Crippen LogP contribution in [0.3, 0.4) is 0 Å². The van der Waals surface area contributed by atoms with E-state index in [-0.39, 0.29) is 0 Å². The molecule has 0 radical (unpaired) electrons. The highest BCUT2D eigenvalue weighted by Crippen LogP contribution is 2.16. The molecule has 2 heterocycles. The van der Waals surface area contributed by atoms with Crippen LogP contribution in [0, 0.1) is 5.92 Å². The first-order valence-electron chi connectivity index (χ1n) is 7.42. The van der Waals surface area contributed by atoms with Crippen LogP contribution < -0.4 is 5.32 Å². The molecule has 4 nitrogen and oxygen atoms in total. The minimum absolute atomic E-state index is 0.568. The molecule has 1 unspecified atom stereocenters. The highest BCUT2D eigenvalue weighted by atomic mass is 16.5. The molecule has 106 valence electrons. The molecular formula is C14H29N3O. The zero-order valence-electron chi connectivity index (χ0n) is 12.0. The van der Waals surface area contributed by atoms with Crippen molar-refractivity contribution in [3.8, 4) is 0 Å².